The highest BCUT2D eigenvalue weighted by Gasteiger charge is 2.28. The molecule has 1 heterocycles. The number of likely N-dealkylation sites (N-methyl/N-ethyl adjacent to an activating group) is 1. The number of hydrogen-bond acceptors (Lipinski definition) is 2. The number of benzene rings is 2. The molecule has 2 aromatic rings. The third-order valence-electron chi connectivity index (χ3n) is 3.87. The predicted octanol–water partition coefficient (Wildman–Crippen LogP) is 0.687. The maximum atomic E-state index is 12.6. The standard InChI is InChI=1S/C18H19N3O2/c1-20(11-14-7-3-2-4-8-14)13-18(23)21-12-17(22)19-15-9-5-6-10-16(15)21/h2-10H,11-13H2,1H3,(H,19,22)/p+1. The largest absolute Gasteiger partial charge is 0.326 e. The van der Waals surface area contributed by atoms with E-state index in [0.29, 0.717) is 12.2 Å². The lowest BCUT2D eigenvalue weighted by molar-refractivity contribution is -0.885. The van der Waals surface area contributed by atoms with Crippen LogP contribution in [0.5, 0.6) is 0 Å². The summed E-state index contributed by atoms with van der Waals surface area (Å²) in [6, 6.07) is 17.5. The molecule has 1 aliphatic heterocycles. The van der Waals surface area contributed by atoms with Gasteiger partial charge in [-0.1, -0.05) is 42.5 Å². The molecular weight excluding hydrogens is 290 g/mol. The Labute approximate surface area is 135 Å². The summed E-state index contributed by atoms with van der Waals surface area (Å²) in [6.45, 7) is 1.19. The number of nitrogens with one attached hydrogen (secondary N) is 2. The number of anilines is 2. The number of carbonyl (C=O) groups is 2. The molecule has 2 N–H and O–H groups in total. The molecule has 0 saturated heterocycles. The van der Waals surface area contributed by atoms with E-state index in [1.807, 2.05) is 49.5 Å². The molecular formula is C18H20N3O2+. The van der Waals surface area contributed by atoms with Crippen LogP contribution in [0, 0.1) is 0 Å². The smallest absolute Gasteiger partial charge is 0.282 e. The van der Waals surface area contributed by atoms with Gasteiger partial charge in [-0.15, -0.1) is 0 Å². The summed E-state index contributed by atoms with van der Waals surface area (Å²) < 4.78 is 0. The molecule has 1 unspecified atom stereocenters. The topological polar surface area (TPSA) is 53.9 Å². The number of amides is 2. The summed E-state index contributed by atoms with van der Waals surface area (Å²) >= 11 is 0. The Kier molecular flexibility index (Phi) is 4.39. The van der Waals surface area contributed by atoms with Gasteiger partial charge in [0.1, 0.15) is 13.1 Å². The maximum absolute atomic E-state index is 12.6. The molecule has 0 saturated carbocycles. The van der Waals surface area contributed by atoms with Gasteiger partial charge in [-0.2, -0.15) is 0 Å². The van der Waals surface area contributed by atoms with Gasteiger partial charge in [-0.3, -0.25) is 14.5 Å². The van der Waals surface area contributed by atoms with Crippen molar-refractivity contribution in [1.29, 1.82) is 0 Å². The first-order valence-corrected chi connectivity index (χ1v) is 7.68. The fourth-order valence-electron chi connectivity index (χ4n) is 2.82. The molecule has 5 nitrogen and oxygen atoms in total. The number of carbonyl (C=O) groups excluding carboxylic acids is 2. The van der Waals surface area contributed by atoms with Crippen molar-refractivity contribution >= 4 is 23.2 Å². The van der Waals surface area contributed by atoms with Crippen LogP contribution in [0.2, 0.25) is 0 Å². The summed E-state index contributed by atoms with van der Waals surface area (Å²) in [4.78, 5) is 27.1. The van der Waals surface area contributed by atoms with E-state index in [1.54, 1.807) is 4.90 Å². The van der Waals surface area contributed by atoms with Gasteiger partial charge >= 0.3 is 0 Å². The molecule has 0 fully saturated rings. The van der Waals surface area contributed by atoms with E-state index in [9.17, 15) is 9.59 Å². The number of rotatable bonds is 4. The minimum Gasteiger partial charge on any atom is -0.326 e. The van der Waals surface area contributed by atoms with Crippen LogP contribution in [0.4, 0.5) is 11.4 Å². The van der Waals surface area contributed by atoms with Crippen LogP contribution >= 0.6 is 0 Å². The van der Waals surface area contributed by atoms with Crippen molar-refractivity contribution in [2.45, 2.75) is 6.54 Å². The Balaban J connectivity index is 1.70. The SMILES string of the molecule is C[NH+](CC(=O)N1CC(=O)Nc2ccccc21)Cc1ccccc1. The minimum atomic E-state index is -0.155. The van der Waals surface area contributed by atoms with Crippen LogP contribution in [-0.2, 0) is 16.1 Å². The Bertz CT molecular complexity index is 715. The molecule has 2 amide bonds. The lowest BCUT2D eigenvalue weighted by atomic mass is 10.2. The Morgan fingerprint density at radius 3 is 2.61 bits per heavy atom. The van der Waals surface area contributed by atoms with Crippen molar-refractivity contribution < 1.29 is 14.5 Å². The number of fused-ring (bicyclic) bond motifs is 1. The lowest BCUT2D eigenvalue weighted by Crippen LogP contribution is -3.09. The van der Waals surface area contributed by atoms with Crippen molar-refractivity contribution in [2.24, 2.45) is 0 Å². The molecule has 0 radical (unpaired) electrons. The molecule has 1 atom stereocenters. The summed E-state index contributed by atoms with van der Waals surface area (Å²) in [5, 5.41) is 2.80. The monoisotopic (exact) mass is 310 g/mol. The van der Waals surface area contributed by atoms with Crippen LogP contribution in [-0.4, -0.2) is 32.0 Å². The van der Waals surface area contributed by atoms with Crippen molar-refractivity contribution in [3.8, 4) is 0 Å². The second-order valence-corrected chi connectivity index (χ2v) is 5.84. The normalized spacial score (nSPS) is 14.8. The second-order valence-electron chi connectivity index (χ2n) is 5.84. The van der Waals surface area contributed by atoms with E-state index < -0.39 is 0 Å². The summed E-state index contributed by atoms with van der Waals surface area (Å²) in [6.07, 6.45) is 0. The van der Waals surface area contributed by atoms with E-state index in [2.05, 4.69) is 17.4 Å². The predicted molar refractivity (Wildman–Crippen MR) is 89.3 cm³/mol. The zero-order valence-corrected chi connectivity index (χ0v) is 13.1. The van der Waals surface area contributed by atoms with Gasteiger partial charge < -0.3 is 10.2 Å². The number of nitrogens with zero attached hydrogens (tertiary/aromatic N) is 1. The first-order valence-electron chi connectivity index (χ1n) is 7.68. The van der Waals surface area contributed by atoms with Crippen molar-refractivity contribution in [3.05, 3.63) is 60.2 Å². The van der Waals surface area contributed by atoms with Crippen LogP contribution < -0.4 is 15.1 Å². The van der Waals surface area contributed by atoms with Gasteiger partial charge in [-0.25, -0.2) is 0 Å². The molecule has 3 rings (SSSR count). The van der Waals surface area contributed by atoms with E-state index in [0.717, 1.165) is 17.1 Å². The first kappa shape index (κ1) is 15.2. The number of para-hydroxylation sites is 2. The zero-order chi connectivity index (χ0) is 16.2. The van der Waals surface area contributed by atoms with Gasteiger partial charge in [-0.05, 0) is 12.1 Å². The van der Waals surface area contributed by atoms with Crippen LogP contribution in [0.3, 0.4) is 0 Å². The van der Waals surface area contributed by atoms with Crippen molar-refractivity contribution in [1.82, 2.24) is 0 Å². The third-order valence-corrected chi connectivity index (χ3v) is 3.87. The Morgan fingerprint density at radius 2 is 1.83 bits per heavy atom. The second kappa shape index (κ2) is 6.62. The fourth-order valence-corrected chi connectivity index (χ4v) is 2.82. The van der Waals surface area contributed by atoms with E-state index in [4.69, 9.17) is 0 Å². The average Bonchev–Trinajstić information content (AvgIpc) is 2.54. The number of hydrogen-bond donors (Lipinski definition) is 2. The molecule has 5 heteroatoms. The van der Waals surface area contributed by atoms with Gasteiger partial charge in [0.25, 0.3) is 5.91 Å². The molecule has 118 valence electrons. The molecule has 0 bridgehead atoms. The quantitative estimate of drug-likeness (QED) is 0.873. The molecule has 0 spiro atoms. The average molecular weight is 310 g/mol. The summed E-state index contributed by atoms with van der Waals surface area (Å²) in [7, 11) is 1.99. The number of quaternary nitrogens is 1. The van der Waals surface area contributed by atoms with Gasteiger partial charge in [0.2, 0.25) is 5.91 Å². The van der Waals surface area contributed by atoms with Crippen LogP contribution in [0.15, 0.2) is 54.6 Å². The lowest BCUT2D eigenvalue weighted by Gasteiger charge is -2.29. The van der Waals surface area contributed by atoms with E-state index in [-0.39, 0.29) is 18.4 Å². The highest BCUT2D eigenvalue weighted by Crippen LogP contribution is 2.28. The fraction of sp³-hybridized carbons (Fsp3) is 0.222. The highest BCUT2D eigenvalue weighted by atomic mass is 16.2. The molecule has 0 aliphatic carbocycles. The summed E-state index contributed by atoms with van der Waals surface area (Å²) in [5.41, 5.74) is 2.65. The van der Waals surface area contributed by atoms with Crippen LogP contribution in [0.25, 0.3) is 0 Å². The van der Waals surface area contributed by atoms with E-state index in [1.165, 1.54) is 5.56 Å². The maximum Gasteiger partial charge on any atom is 0.282 e. The Morgan fingerprint density at radius 1 is 1.13 bits per heavy atom. The van der Waals surface area contributed by atoms with E-state index >= 15 is 0 Å². The first-order chi connectivity index (χ1) is 11.1. The molecule has 0 aromatic heterocycles. The van der Waals surface area contributed by atoms with Crippen LogP contribution in [0.1, 0.15) is 5.56 Å². The van der Waals surface area contributed by atoms with Gasteiger partial charge in [0, 0.05) is 5.56 Å². The molecule has 23 heavy (non-hydrogen) atoms. The van der Waals surface area contributed by atoms with Crippen molar-refractivity contribution in [2.75, 3.05) is 30.4 Å². The van der Waals surface area contributed by atoms with Gasteiger partial charge in [0.15, 0.2) is 6.54 Å². The van der Waals surface area contributed by atoms with Crippen molar-refractivity contribution in [3.63, 3.8) is 0 Å². The third kappa shape index (κ3) is 3.57. The highest BCUT2D eigenvalue weighted by molar-refractivity contribution is 6.10. The minimum absolute atomic E-state index is 0.0410. The van der Waals surface area contributed by atoms with Gasteiger partial charge in [0.05, 0.1) is 18.4 Å². The Hall–Kier alpha value is -2.66. The summed E-state index contributed by atoms with van der Waals surface area (Å²) in [5.74, 6) is -0.196. The molecule has 1 aliphatic rings. The molecule has 2 aromatic carbocycles. The zero-order valence-electron chi connectivity index (χ0n) is 13.1.